The summed E-state index contributed by atoms with van der Waals surface area (Å²) in [7, 11) is -1.35. The van der Waals surface area contributed by atoms with Gasteiger partial charge in [0.2, 0.25) is 0 Å². The standard InChI is InChI=1S/C25H36FNO2Si/c1-15(2)23-21(19(28)14-29-30(8)9)20(17-10-12-18(26)13-11-17)22(25(5,6)7)24(27-23)16(3)4/h10-13,15-16,30H,14H2,1-9H3. The van der Waals surface area contributed by atoms with E-state index in [2.05, 4.69) is 61.6 Å². The Morgan fingerprint density at radius 3 is 2.00 bits per heavy atom. The van der Waals surface area contributed by atoms with Gasteiger partial charge < -0.3 is 4.43 Å². The van der Waals surface area contributed by atoms with Crippen LogP contribution in [-0.4, -0.2) is 26.4 Å². The van der Waals surface area contributed by atoms with Crippen LogP contribution in [0, 0.1) is 5.82 Å². The lowest BCUT2D eigenvalue weighted by atomic mass is 9.75. The maximum atomic E-state index is 13.7. The number of benzene rings is 1. The summed E-state index contributed by atoms with van der Waals surface area (Å²) in [4.78, 5) is 18.5. The van der Waals surface area contributed by atoms with Gasteiger partial charge in [0, 0.05) is 11.3 Å². The fourth-order valence-electron chi connectivity index (χ4n) is 3.72. The van der Waals surface area contributed by atoms with E-state index >= 15 is 0 Å². The molecule has 164 valence electrons. The molecule has 0 atom stereocenters. The third-order valence-corrected chi connectivity index (χ3v) is 5.89. The summed E-state index contributed by atoms with van der Waals surface area (Å²) in [5.74, 6) is -0.0711. The minimum Gasteiger partial charge on any atom is -0.413 e. The first-order chi connectivity index (χ1) is 13.8. The Labute approximate surface area is 182 Å². The van der Waals surface area contributed by atoms with Gasteiger partial charge in [-0.25, -0.2) is 4.39 Å². The van der Waals surface area contributed by atoms with Crippen LogP contribution in [0.3, 0.4) is 0 Å². The number of hydrogen-bond donors (Lipinski definition) is 0. The van der Waals surface area contributed by atoms with Crippen LogP contribution in [-0.2, 0) is 9.84 Å². The first-order valence-corrected chi connectivity index (χ1v) is 13.6. The zero-order valence-corrected chi connectivity index (χ0v) is 21.0. The van der Waals surface area contributed by atoms with E-state index in [-0.39, 0.29) is 35.5 Å². The minimum atomic E-state index is -1.35. The summed E-state index contributed by atoms with van der Waals surface area (Å²) in [6.45, 7) is 19.0. The summed E-state index contributed by atoms with van der Waals surface area (Å²) < 4.78 is 19.5. The van der Waals surface area contributed by atoms with Gasteiger partial charge in [-0.1, -0.05) is 60.6 Å². The third-order valence-electron chi connectivity index (χ3n) is 5.06. The minimum absolute atomic E-state index is 0.0486. The van der Waals surface area contributed by atoms with Crippen molar-refractivity contribution in [2.45, 2.75) is 78.8 Å². The van der Waals surface area contributed by atoms with Gasteiger partial charge in [0.25, 0.3) is 0 Å². The van der Waals surface area contributed by atoms with Crippen molar-refractivity contribution < 1.29 is 13.6 Å². The van der Waals surface area contributed by atoms with E-state index in [1.807, 2.05) is 0 Å². The molecule has 30 heavy (non-hydrogen) atoms. The Morgan fingerprint density at radius 2 is 1.57 bits per heavy atom. The molecule has 0 aliphatic heterocycles. The Bertz CT molecular complexity index is 897. The Balaban J connectivity index is 2.99. The quantitative estimate of drug-likeness (QED) is 0.367. The number of nitrogens with zero attached hydrogens (tertiary/aromatic N) is 1. The highest BCUT2D eigenvalue weighted by molar-refractivity contribution is 6.48. The van der Waals surface area contributed by atoms with Gasteiger partial charge in [-0.05, 0) is 59.2 Å². The normalized spacial score (nSPS) is 12.3. The molecule has 0 saturated heterocycles. The van der Waals surface area contributed by atoms with Crippen LogP contribution in [0.4, 0.5) is 4.39 Å². The van der Waals surface area contributed by atoms with E-state index in [0.717, 1.165) is 28.1 Å². The molecule has 0 fully saturated rings. The van der Waals surface area contributed by atoms with Crippen molar-refractivity contribution >= 4 is 14.8 Å². The van der Waals surface area contributed by atoms with Crippen molar-refractivity contribution in [2.24, 2.45) is 0 Å². The van der Waals surface area contributed by atoms with Crippen LogP contribution < -0.4 is 0 Å². The zero-order chi connectivity index (χ0) is 22.8. The summed E-state index contributed by atoms with van der Waals surface area (Å²) in [5, 5.41) is 0. The highest BCUT2D eigenvalue weighted by Crippen LogP contribution is 2.42. The lowest BCUT2D eigenvalue weighted by molar-refractivity contribution is 0.0919. The molecular formula is C25H36FNO2Si. The highest BCUT2D eigenvalue weighted by Gasteiger charge is 2.32. The van der Waals surface area contributed by atoms with E-state index < -0.39 is 9.04 Å². The molecule has 0 spiro atoms. The van der Waals surface area contributed by atoms with Crippen molar-refractivity contribution in [2.75, 3.05) is 6.61 Å². The molecule has 1 aromatic heterocycles. The van der Waals surface area contributed by atoms with Crippen molar-refractivity contribution in [3.05, 3.63) is 52.6 Å². The van der Waals surface area contributed by atoms with E-state index in [0.29, 0.717) is 5.56 Å². The summed E-state index contributed by atoms with van der Waals surface area (Å²) in [5.41, 5.74) is 4.96. The second kappa shape index (κ2) is 9.52. The molecule has 3 nitrogen and oxygen atoms in total. The number of pyridine rings is 1. The van der Waals surface area contributed by atoms with E-state index in [9.17, 15) is 9.18 Å². The number of aromatic nitrogens is 1. The van der Waals surface area contributed by atoms with Crippen LogP contribution in [0.1, 0.15) is 87.6 Å². The third kappa shape index (κ3) is 5.44. The Kier molecular flexibility index (Phi) is 7.75. The van der Waals surface area contributed by atoms with Crippen LogP contribution in [0.15, 0.2) is 24.3 Å². The zero-order valence-electron chi connectivity index (χ0n) is 19.9. The molecule has 0 aliphatic rings. The molecule has 0 unspecified atom stereocenters. The van der Waals surface area contributed by atoms with Crippen LogP contribution in [0.2, 0.25) is 13.1 Å². The topological polar surface area (TPSA) is 39.2 Å². The molecule has 1 aromatic carbocycles. The van der Waals surface area contributed by atoms with Crippen LogP contribution in [0.25, 0.3) is 11.1 Å². The van der Waals surface area contributed by atoms with Crippen molar-refractivity contribution in [3.8, 4) is 11.1 Å². The predicted molar refractivity (Wildman–Crippen MR) is 126 cm³/mol. The summed E-state index contributed by atoms with van der Waals surface area (Å²) >= 11 is 0. The van der Waals surface area contributed by atoms with Gasteiger partial charge in [0.1, 0.15) is 5.82 Å². The molecule has 0 aliphatic carbocycles. The average molecular weight is 430 g/mol. The first kappa shape index (κ1) is 24.4. The summed E-state index contributed by atoms with van der Waals surface area (Å²) in [6.07, 6.45) is 0. The van der Waals surface area contributed by atoms with E-state index in [4.69, 9.17) is 9.41 Å². The molecule has 0 saturated carbocycles. The van der Waals surface area contributed by atoms with Gasteiger partial charge in [-0.2, -0.15) is 0 Å². The fourth-order valence-corrected chi connectivity index (χ4v) is 4.20. The number of Topliss-reactive ketones (excluding diaryl/α,β-unsaturated/α-hetero) is 1. The van der Waals surface area contributed by atoms with Crippen LogP contribution >= 0.6 is 0 Å². The van der Waals surface area contributed by atoms with Gasteiger partial charge >= 0.3 is 0 Å². The van der Waals surface area contributed by atoms with E-state index in [1.165, 1.54) is 12.1 Å². The SMILES string of the molecule is CC(C)c1nc(C(C)C)c(C(C)(C)C)c(-c2ccc(F)cc2)c1C(=O)CO[SiH](C)C. The average Bonchev–Trinajstić information content (AvgIpc) is 2.64. The smallest absolute Gasteiger partial charge is 0.189 e. The second-order valence-electron chi connectivity index (χ2n) is 9.86. The summed E-state index contributed by atoms with van der Waals surface area (Å²) in [6, 6.07) is 6.45. The lowest BCUT2D eigenvalue weighted by Gasteiger charge is -2.31. The van der Waals surface area contributed by atoms with Crippen molar-refractivity contribution in [1.29, 1.82) is 0 Å². The number of ketones is 1. The number of hydrogen-bond acceptors (Lipinski definition) is 3. The number of carbonyl (C=O) groups excluding carboxylic acids is 1. The van der Waals surface area contributed by atoms with Crippen LogP contribution in [0.5, 0.6) is 0 Å². The van der Waals surface area contributed by atoms with Gasteiger partial charge in [0.15, 0.2) is 14.8 Å². The molecular weight excluding hydrogens is 393 g/mol. The molecule has 2 aromatic rings. The molecule has 0 amide bonds. The molecule has 0 bridgehead atoms. The van der Waals surface area contributed by atoms with Gasteiger partial charge in [-0.3, -0.25) is 9.78 Å². The van der Waals surface area contributed by atoms with Gasteiger partial charge in [-0.15, -0.1) is 0 Å². The number of rotatable bonds is 7. The lowest BCUT2D eigenvalue weighted by Crippen LogP contribution is -2.25. The molecule has 5 heteroatoms. The first-order valence-electron chi connectivity index (χ1n) is 10.8. The predicted octanol–water partition coefficient (Wildman–Crippen LogP) is 6.61. The molecule has 2 rings (SSSR count). The Morgan fingerprint density at radius 1 is 1.03 bits per heavy atom. The monoisotopic (exact) mass is 429 g/mol. The molecule has 0 N–H and O–H groups in total. The van der Waals surface area contributed by atoms with Crippen molar-refractivity contribution in [3.63, 3.8) is 0 Å². The maximum Gasteiger partial charge on any atom is 0.189 e. The largest absolute Gasteiger partial charge is 0.413 e. The van der Waals surface area contributed by atoms with Crippen molar-refractivity contribution in [1.82, 2.24) is 4.98 Å². The highest BCUT2D eigenvalue weighted by atomic mass is 28.3. The second-order valence-corrected chi connectivity index (χ2v) is 12.3. The number of halogens is 1. The van der Waals surface area contributed by atoms with Gasteiger partial charge in [0.05, 0.1) is 12.3 Å². The number of carbonyl (C=O) groups is 1. The molecule has 0 radical (unpaired) electrons. The molecule has 1 heterocycles. The Hall–Kier alpha value is -1.85. The fraction of sp³-hybridized carbons (Fsp3) is 0.520. The van der Waals surface area contributed by atoms with E-state index in [1.54, 1.807) is 12.1 Å². The maximum absolute atomic E-state index is 13.7.